The number of hydrogen-bond donors (Lipinski definition) is 0. The molecule has 0 radical (unpaired) electrons. The first-order chi connectivity index (χ1) is 14.1. The molecule has 0 amide bonds. The van der Waals surface area contributed by atoms with Gasteiger partial charge in [-0.05, 0) is 72.8 Å². The van der Waals surface area contributed by atoms with Gasteiger partial charge in [-0.25, -0.2) is 0 Å². The second-order valence-corrected chi connectivity index (χ2v) is 10.1. The van der Waals surface area contributed by atoms with Crippen molar-refractivity contribution >= 4 is 46.3 Å². The van der Waals surface area contributed by atoms with E-state index in [4.69, 9.17) is 27.9 Å². The molecule has 2 nitrogen and oxygen atoms in total. The van der Waals surface area contributed by atoms with Crippen LogP contribution < -0.4 is 20.7 Å². The summed E-state index contributed by atoms with van der Waals surface area (Å²) in [6.07, 6.45) is 0. The van der Waals surface area contributed by atoms with Crippen molar-refractivity contribution in [1.82, 2.24) is 0 Å². The lowest BCUT2D eigenvalue weighted by Gasteiger charge is -2.22. The van der Waals surface area contributed by atoms with E-state index < -0.39 is 7.14 Å². The van der Waals surface area contributed by atoms with Crippen LogP contribution in [0.3, 0.4) is 0 Å². The topological polar surface area (TPSA) is 26.3 Å². The summed E-state index contributed by atoms with van der Waals surface area (Å²) in [6, 6.07) is 31.1. The van der Waals surface area contributed by atoms with Crippen molar-refractivity contribution in [3.8, 4) is 11.5 Å². The molecule has 0 saturated carbocycles. The summed E-state index contributed by atoms with van der Waals surface area (Å²) < 4.78 is 20.8. The van der Waals surface area contributed by atoms with Crippen molar-refractivity contribution < 1.29 is 9.30 Å². The van der Waals surface area contributed by atoms with E-state index in [0.717, 1.165) is 0 Å². The number of hydrogen-bond acceptors (Lipinski definition) is 2. The van der Waals surface area contributed by atoms with Gasteiger partial charge in [0.25, 0.3) is 0 Å². The van der Waals surface area contributed by atoms with Gasteiger partial charge >= 0.3 is 0 Å². The van der Waals surface area contributed by atoms with Crippen LogP contribution >= 0.6 is 30.3 Å². The number of benzene rings is 4. The normalized spacial score (nSPS) is 11.2. The molecule has 0 aliphatic heterocycles. The Hall–Kier alpha value is -2.51. The van der Waals surface area contributed by atoms with Gasteiger partial charge in [-0.1, -0.05) is 53.5 Å². The summed E-state index contributed by atoms with van der Waals surface area (Å²) in [7, 11) is -3.23. The zero-order chi connectivity index (χ0) is 20.3. The Morgan fingerprint density at radius 1 is 0.586 bits per heavy atom. The molecule has 0 heterocycles. The Kier molecular flexibility index (Phi) is 5.78. The Morgan fingerprint density at radius 2 is 1.07 bits per heavy atom. The molecule has 4 aromatic rings. The molecule has 0 N–H and O–H groups in total. The molecule has 0 aromatic heterocycles. The molecular weight excluding hydrogens is 422 g/mol. The summed E-state index contributed by atoms with van der Waals surface area (Å²) >= 11 is 12.2. The minimum atomic E-state index is -3.23. The van der Waals surface area contributed by atoms with Crippen molar-refractivity contribution in [3.63, 3.8) is 0 Å². The van der Waals surface area contributed by atoms with Gasteiger partial charge in [-0.15, -0.1) is 0 Å². The highest BCUT2D eigenvalue weighted by atomic mass is 35.5. The molecule has 4 aromatic carbocycles. The van der Waals surface area contributed by atoms with E-state index in [-0.39, 0.29) is 0 Å². The highest BCUT2D eigenvalue weighted by Gasteiger charge is 2.32. The van der Waals surface area contributed by atoms with Gasteiger partial charge in [0.2, 0.25) is 0 Å². The van der Waals surface area contributed by atoms with E-state index >= 15 is 0 Å². The molecule has 29 heavy (non-hydrogen) atoms. The van der Waals surface area contributed by atoms with Crippen LogP contribution in [-0.4, -0.2) is 0 Å². The smallest absolute Gasteiger partial charge is 0.174 e. The summed E-state index contributed by atoms with van der Waals surface area (Å²) in [5.74, 6) is 1.23. The monoisotopic (exact) mass is 438 g/mol. The van der Waals surface area contributed by atoms with E-state index in [1.807, 2.05) is 54.6 Å². The quantitative estimate of drug-likeness (QED) is 0.335. The van der Waals surface area contributed by atoms with Gasteiger partial charge in [0, 0.05) is 20.7 Å². The van der Waals surface area contributed by atoms with Crippen LogP contribution in [0.5, 0.6) is 11.5 Å². The second-order valence-electron chi connectivity index (χ2n) is 6.44. The molecule has 0 saturated heterocycles. The molecule has 5 heteroatoms. The van der Waals surface area contributed by atoms with Crippen molar-refractivity contribution in [1.29, 1.82) is 0 Å². The zero-order valence-corrected chi connectivity index (χ0v) is 17.7. The fourth-order valence-electron chi connectivity index (χ4n) is 3.15. The second kappa shape index (κ2) is 8.47. The standard InChI is InChI=1S/C24H17Cl2O2P/c25-18-10-14-21(15-11-18)29(27,22-16-12-19(26)13-17-22)24-9-5-4-8-23(24)28-20-6-2-1-3-7-20/h1-17H. The maximum Gasteiger partial charge on any atom is 0.174 e. The third-order valence-electron chi connectivity index (χ3n) is 4.56. The molecule has 0 aliphatic rings. The predicted molar refractivity (Wildman–Crippen MR) is 122 cm³/mol. The molecule has 0 bridgehead atoms. The first kappa shape index (κ1) is 19.8. The lowest BCUT2D eigenvalue weighted by Crippen LogP contribution is -2.26. The average molecular weight is 439 g/mol. The summed E-state index contributed by atoms with van der Waals surface area (Å²) in [5.41, 5.74) is 0. The van der Waals surface area contributed by atoms with Crippen molar-refractivity contribution in [2.75, 3.05) is 0 Å². The molecule has 0 fully saturated rings. The molecular formula is C24H17Cl2O2P. The number of ether oxygens (including phenoxy) is 1. The number of para-hydroxylation sites is 2. The lowest BCUT2D eigenvalue weighted by molar-refractivity contribution is 0.486. The van der Waals surface area contributed by atoms with Gasteiger partial charge in [0.05, 0.1) is 5.30 Å². The zero-order valence-electron chi connectivity index (χ0n) is 15.3. The first-order valence-electron chi connectivity index (χ1n) is 9.02. The SMILES string of the molecule is O=P(c1ccc(Cl)cc1)(c1ccc(Cl)cc1)c1ccccc1Oc1ccccc1. The maximum atomic E-state index is 14.7. The molecule has 0 unspecified atom stereocenters. The van der Waals surface area contributed by atoms with Crippen molar-refractivity contribution in [2.24, 2.45) is 0 Å². The first-order valence-corrected chi connectivity index (χ1v) is 11.5. The fourth-order valence-corrected chi connectivity index (χ4v) is 6.12. The van der Waals surface area contributed by atoms with Crippen LogP contribution in [0.25, 0.3) is 0 Å². The molecule has 0 aliphatic carbocycles. The van der Waals surface area contributed by atoms with E-state index in [0.29, 0.717) is 37.5 Å². The number of halogens is 2. The maximum absolute atomic E-state index is 14.7. The molecule has 144 valence electrons. The van der Waals surface area contributed by atoms with E-state index in [2.05, 4.69) is 0 Å². The Bertz CT molecular complexity index is 1110. The van der Waals surface area contributed by atoms with Crippen molar-refractivity contribution in [3.05, 3.63) is 113 Å². The minimum Gasteiger partial charge on any atom is -0.457 e. The van der Waals surface area contributed by atoms with E-state index in [1.165, 1.54) is 0 Å². The Balaban J connectivity index is 1.92. The summed E-state index contributed by atoms with van der Waals surface area (Å²) in [5, 5.41) is 3.14. The van der Waals surface area contributed by atoms with Crippen molar-refractivity contribution in [2.45, 2.75) is 0 Å². The van der Waals surface area contributed by atoms with Gasteiger partial charge < -0.3 is 9.30 Å². The van der Waals surface area contributed by atoms with Crippen LogP contribution in [0.15, 0.2) is 103 Å². The van der Waals surface area contributed by atoms with Crippen LogP contribution in [-0.2, 0) is 4.57 Å². The minimum absolute atomic E-state index is 0.548. The van der Waals surface area contributed by atoms with Crippen LogP contribution in [0.4, 0.5) is 0 Å². The average Bonchev–Trinajstić information content (AvgIpc) is 2.75. The van der Waals surface area contributed by atoms with Gasteiger partial charge in [-0.3, -0.25) is 0 Å². The highest BCUT2D eigenvalue weighted by Crippen LogP contribution is 2.46. The van der Waals surface area contributed by atoms with Gasteiger partial charge in [-0.2, -0.15) is 0 Å². The van der Waals surface area contributed by atoms with Crippen LogP contribution in [0.2, 0.25) is 10.0 Å². The largest absolute Gasteiger partial charge is 0.457 e. The third-order valence-corrected chi connectivity index (χ3v) is 8.16. The molecule has 0 spiro atoms. The fraction of sp³-hybridized carbons (Fsp3) is 0. The van der Waals surface area contributed by atoms with E-state index in [9.17, 15) is 4.57 Å². The summed E-state index contributed by atoms with van der Waals surface area (Å²) in [6.45, 7) is 0. The van der Waals surface area contributed by atoms with E-state index in [1.54, 1.807) is 48.5 Å². The van der Waals surface area contributed by atoms with Crippen LogP contribution in [0.1, 0.15) is 0 Å². The Morgan fingerprint density at radius 3 is 1.62 bits per heavy atom. The van der Waals surface area contributed by atoms with Crippen LogP contribution in [0, 0.1) is 0 Å². The molecule has 4 rings (SSSR count). The summed E-state index contributed by atoms with van der Waals surface area (Å²) in [4.78, 5) is 0. The highest BCUT2D eigenvalue weighted by molar-refractivity contribution is 7.85. The third kappa shape index (κ3) is 4.11. The predicted octanol–water partition coefficient (Wildman–Crippen LogP) is 6.43. The molecule has 0 atom stereocenters. The van der Waals surface area contributed by atoms with Gasteiger partial charge in [0.1, 0.15) is 11.5 Å². The van der Waals surface area contributed by atoms with Gasteiger partial charge in [0.15, 0.2) is 7.14 Å². The Labute approximate surface area is 180 Å². The number of rotatable bonds is 5. The lowest BCUT2D eigenvalue weighted by atomic mass is 10.3.